The van der Waals surface area contributed by atoms with Crippen LogP contribution in [0.1, 0.15) is 12.5 Å². The molecule has 0 aromatic heterocycles. The number of nitrogens with two attached hydrogens (primary N) is 1. The second kappa shape index (κ2) is 4.70. The van der Waals surface area contributed by atoms with Crippen molar-refractivity contribution in [2.75, 3.05) is 14.2 Å². The summed E-state index contributed by atoms with van der Waals surface area (Å²) in [6.07, 6.45) is 0. The van der Waals surface area contributed by atoms with Gasteiger partial charge < -0.3 is 14.6 Å². The minimum atomic E-state index is -1.85. The maximum absolute atomic E-state index is 6.22. The highest BCUT2D eigenvalue weighted by molar-refractivity contribution is 6.48. The van der Waals surface area contributed by atoms with Crippen molar-refractivity contribution in [3.63, 3.8) is 0 Å². The first-order valence-corrected chi connectivity index (χ1v) is 6.05. The molecule has 0 aliphatic heterocycles. The predicted molar refractivity (Wildman–Crippen MR) is 59.1 cm³/mol. The van der Waals surface area contributed by atoms with Gasteiger partial charge in [-0.05, 0) is 12.5 Å². The Balaban J connectivity index is 2.94. The molecule has 78 valence electrons. The zero-order valence-electron chi connectivity index (χ0n) is 8.86. The summed E-state index contributed by atoms with van der Waals surface area (Å²) >= 11 is 0. The van der Waals surface area contributed by atoms with Crippen LogP contribution in [-0.4, -0.2) is 23.5 Å². The minimum Gasteiger partial charge on any atom is -0.399 e. The van der Waals surface area contributed by atoms with Crippen LogP contribution in [0, 0.1) is 0 Å². The van der Waals surface area contributed by atoms with E-state index < -0.39 is 14.4 Å². The van der Waals surface area contributed by atoms with E-state index in [1.54, 1.807) is 14.2 Å². The van der Waals surface area contributed by atoms with Crippen LogP contribution in [0.3, 0.4) is 0 Å². The molecule has 0 spiro atoms. The fraction of sp³-hybridized carbons (Fsp3) is 0.400. The average Bonchev–Trinajstić information content (AvgIpc) is 2.20. The van der Waals surface area contributed by atoms with Gasteiger partial charge in [-0.1, -0.05) is 30.3 Å². The van der Waals surface area contributed by atoms with Crippen molar-refractivity contribution < 1.29 is 8.85 Å². The Morgan fingerprint density at radius 2 is 1.64 bits per heavy atom. The lowest BCUT2D eigenvalue weighted by Gasteiger charge is -2.30. The van der Waals surface area contributed by atoms with Gasteiger partial charge in [-0.2, -0.15) is 0 Å². The first-order valence-electron chi connectivity index (χ1n) is 4.53. The molecule has 0 bridgehead atoms. The molecule has 1 rings (SSSR count). The van der Waals surface area contributed by atoms with Crippen molar-refractivity contribution in [3.05, 3.63) is 35.9 Å². The summed E-state index contributed by atoms with van der Waals surface area (Å²) < 4.78 is 10.6. The summed E-state index contributed by atoms with van der Waals surface area (Å²) in [6.45, 7) is 1.95. The Bertz CT molecular complexity index is 273. The molecule has 0 aliphatic carbocycles. The molecule has 3 nitrogen and oxygen atoms in total. The standard InChI is InChI=1S/C10H17NO2Si/c1-10(11,14(12-2)13-3)9-7-5-4-6-8-9/h4-8,14H,11H2,1-3H3. The molecular formula is C10H17NO2Si. The van der Waals surface area contributed by atoms with Gasteiger partial charge in [0.2, 0.25) is 0 Å². The van der Waals surface area contributed by atoms with Gasteiger partial charge in [0, 0.05) is 14.2 Å². The molecule has 14 heavy (non-hydrogen) atoms. The van der Waals surface area contributed by atoms with E-state index in [1.807, 2.05) is 37.3 Å². The summed E-state index contributed by atoms with van der Waals surface area (Å²) in [5.74, 6) is 0. The normalized spacial score (nSPS) is 15.5. The van der Waals surface area contributed by atoms with E-state index in [0.29, 0.717) is 0 Å². The van der Waals surface area contributed by atoms with Gasteiger partial charge >= 0.3 is 9.28 Å². The van der Waals surface area contributed by atoms with Gasteiger partial charge in [0.05, 0.1) is 5.16 Å². The van der Waals surface area contributed by atoms with Crippen LogP contribution in [0.4, 0.5) is 0 Å². The van der Waals surface area contributed by atoms with Crippen molar-refractivity contribution >= 4 is 9.28 Å². The Morgan fingerprint density at radius 1 is 1.14 bits per heavy atom. The van der Waals surface area contributed by atoms with Gasteiger partial charge in [-0.25, -0.2) is 0 Å². The molecule has 2 N–H and O–H groups in total. The smallest absolute Gasteiger partial charge is 0.345 e. The molecule has 0 saturated carbocycles. The van der Waals surface area contributed by atoms with Gasteiger partial charge in [-0.15, -0.1) is 0 Å². The van der Waals surface area contributed by atoms with E-state index in [4.69, 9.17) is 14.6 Å². The Hall–Kier alpha value is -0.683. The van der Waals surface area contributed by atoms with Gasteiger partial charge in [0.15, 0.2) is 0 Å². The molecule has 1 atom stereocenters. The SMILES string of the molecule is CO[SiH](OC)C(C)(N)c1ccccc1. The average molecular weight is 211 g/mol. The largest absolute Gasteiger partial charge is 0.399 e. The van der Waals surface area contributed by atoms with Gasteiger partial charge in [0.1, 0.15) is 0 Å². The van der Waals surface area contributed by atoms with Gasteiger partial charge in [0.25, 0.3) is 0 Å². The van der Waals surface area contributed by atoms with E-state index in [2.05, 4.69) is 0 Å². The lowest BCUT2D eigenvalue weighted by Crippen LogP contribution is -2.51. The molecule has 0 radical (unpaired) electrons. The molecule has 0 heterocycles. The van der Waals surface area contributed by atoms with Crippen LogP contribution in [0.2, 0.25) is 0 Å². The molecule has 0 saturated heterocycles. The minimum absolute atomic E-state index is 0.495. The first kappa shape index (κ1) is 11.4. The van der Waals surface area contributed by atoms with Gasteiger partial charge in [-0.3, -0.25) is 0 Å². The van der Waals surface area contributed by atoms with Crippen LogP contribution in [0.25, 0.3) is 0 Å². The molecule has 0 aliphatic rings. The highest BCUT2D eigenvalue weighted by Gasteiger charge is 2.35. The molecule has 1 aromatic rings. The van der Waals surface area contributed by atoms with Crippen molar-refractivity contribution in [3.8, 4) is 0 Å². The summed E-state index contributed by atoms with van der Waals surface area (Å²) in [6, 6.07) is 9.90. The van der Waals surface area contributed by atoms with Crippen molar-refractivity contribution in [1.29, 1.82) is 0 Å². The lowest BCUT2D eigenvalue weighted by molar-refractivity contribution is 0.246. The summed E-state index contributed by atoms with van der Waals surface area (Å²) in [7, 11) is 1.44. The third kappa shape index (κ3) is 2.22. The number of rotatable bonds is 4. The molecule has 0 fully saturated rings. The zero-order valence-corrected chi connectivity index (χ0v) is 10.0. The molecule has 1 aromatic carbocycles. The third-order valence-corrected chi connectivity index (χ3v) is 4.48. The monoisotopic (exact) mass is 211 g/mol. The molecule has 4 heteroatoms. The quantitative estimate of drug-likeness (QED) is 0.753. The lowest BCUT2D eigenvalue weighted by atomic mass is 10.1. The number of hydrogen-bond donors (Lipinski definition) is 1. The zero-order chi connectivity index (χ0) is 10.6. The first-order chi connectivity index (χ1) is 6.62. The molecule has 1 unspecified atom stereocenters. The van der Waals surface area contributed by atoms with E-state index in [0.717, 1.165) is 5.56 Å². The van der Waals surface area contributed by atoms with Crippen LogP contribution in [-0.2, 0) is 14.0 Å². The summed E-state index contributed by atoms with van der Waals surface area (Å²) in [5.41, 5.74) is 7.27. The van der Waals surface area contributed by atoms with E-state index >= 15 is 0 Å². The van der Waals surface area contributed by atoms with E-state index in [-0.39, 0.29) is 0 Å². The Kier molecular flexibility index (Phi) is 3.83. The maximum Gasteiger partial charge on any atom is 0.345 e. The summed E-state index contributed by atoms with van der Waals surface area (Å²) in [5, 5.41) is -0.495. The van der Waals surface area contributed by atoms with Crippen LogP contribution < -0.4 is 5.73 Å². The molecule has 0 amide bonds. The van der Waals surface area contributed by atoms with E-state index in [9.17, 15) is 0 Å². The van der Waals surface area contributed by atoms with Crippen molar-refractivity contribution in [2.45, 2.75) is 12.1 Å². The fourth-order valence-electron chi connectivity index (χ4n) is 1.52. The van der Waals surface area contributed by atoms with Crippen LogP contribution in [0.5, 0.6) is 0 Å². The third-order valence-electron chi connectivity index (χ3n) is 2.31. The van der Waals surface area contributed by atoms with Crippen molar-refractivity contribution in [2.24, 2.45) is 5.73 Å². The second-order valence-corrected chi connectivity index (χ2v) is 6.26. The topological polar surface area (TPSA) is 44.5 Å². The van der Waals surface area contributed by atoms with Crippen molar-refractivity contribution in [1.82, 2.24) is 0 Å². The maximum atomic E-state index is 6.22. The Labute approximate surface area is 86.7 Å². The van der Waals surface area contributed by atoms with Crippen LogP contribution >= 0.6 is 0 Å². The van der Waals surface area contributed by atoms with E-state index in [1.165, 1.54) is 0 Å². The molecular weight excluding hydrogens is 194 g/mol. The van der Waals surface area contributed by atoms with Crippen LogP contribution in [0.15, 0.2) is 30.3 Å². The number of hydrogen-bond acceptors (Lipinski definition) is 3. The Morgan fingerprint density at radius 3 is 2.07 bits per heavy atom. The second-order valence-electron chi connectivity index (χ2n) is 3.45. The highest BCUT2D eigenvalue weighted by Crippen LogP contribution is 2.20. The summed E-state index contributed by atoms with van der Waals surface area (Å²) in [4.78, 5) is 0. The predicted octanol–water partition coefficient (Wildman–Crippen LogP) is 0.913. The fourth-order valence-corrected chi connectivity index (χ4v) is 3.16. The number of benzene rings is 1. The highest BCUT2D eigenvalue weighted by atomic mass is 28.3.